The maximum absolute atomic E-state index is 13.2. The molecule has 0 fully saturated rings. The van der Waals surface area contributed by atoms with Crippen LogP contribution in [0.4, 0.5) is 4.39 Å². The van der Waals surface area contributed by atoms with E-state index in [0.717, 1.165) is 11.1 Å². The van der Waals surface area contributed by atoms with Crippen molar-refractivity contribution in [1.82, 2.24) is 15.3 Å². The summed E-state index contributed by atoms with van der Waals surface area (Å²) in [6, 6.07) is 15.3. The predicted molar refractivity (Wildman–Crippen MR) is 97.2 cm³/mol. The molecule has 0 unspecified atom stereocenters. The second kappa shape index (κ2) is 7.74. The van der Waals surface area contributed by atoms with Crippen LogP contribution in [-0.2, 0) is 11.2 Å². The smallest absolute Gasteiger partial charge is 0.227 e. The molecule has 0 aliphatic heterocycles. The minimum atomic E-state index is -0.321. The first kappa shape index (κ1) is 17.5. The van der Waals surface area contributed by atoms with Crippen LogP contribution in [0.1, 0.15) is 5.82 Å². The number of methoxy groups -OCH3 is 1. The number of nitrogens with one attached hydrogen (secondary N) is 1. The molecule has 0 aliphatic carbocycles. The number of carbonyl (C=O) groups is 1. The van der Waals surface area contributed by atoms with Gasteiger partial charge >= 0.3 is 0 Å². The van der Waals surface area contributed by atoms with Crippen LogP contribution in [0.25, 0.3) is 22.5 Å². The molecule has 0 radical (unpaired) electrons. The Kier molecular flexibility index (Phi) is 5.22. The number of rotatable bonds is 5. The van der Waals surface area contributed by atoms with Gasteiger partial charge in [-0.05, 0) is 42.5 Å². The first-order chi connectivity index (χ1) is 12.6. The summed E-state index contributed by atoms with van der Waals surface area (Å²) < 4.78 is 18.7. The Morgan fingerprint density at radius 2 is 1.77 bits per heavy atom. The molecule has 132 valence electrons. The molecule has 26 heavy (non-hydrogen) atoms. The molecule has 0 spiro atoms. The molecule has 0 aliphatic rings. The fraction of sp³-hybridized carbons (Fsp3) is 0.150. The fourth-order valence-corrected chi connectivity index (χ4v) is 2.57. The van der Waals surface area contributed by atoms with Gasteiger partial charge in [0.2, 0.25) is 5.91 Å². The first-order valence-electron chi connectivity index (χ1n) is 8.08. The third kappa shape index (κ3) is 3.85. The normalized spacial score (nSPS) is 10.4. The van der Waals surface area contributed by atoms with E-state index in [4.69, 9.17) is 4.74 Å². The van der Waals surface area contributed by atoms with Gasteiger partial charge in [0.05, 0.1) is 24.9 Å². The molecule has 1 N–H and O–H groups in total. The van der Waals surface area contributed by atoms with Crippen LogP contribution in [0.5, 0.6) is 5.75 Å². The molecule has 0 saturated heterocycles. The van der Waals surface area contributed by atoms with E-state index in [-0.39, 0.29) is 18.1 Å². The minimum Gasteiger partial charge on any atom is -0.496 e. The molecule has 1 heterocycles. The van der Waals surface area contributed by atoms with Crippen molar-refractivity contribution in [3.05, 3.63) is 66.2 Å². The highest BCUT2D eigenvalue weighted by molar-refractivity contribution is 5.78. The van der Waals surface area contributed by atoms with Gasteiger partial charge in [-0.2, -0.15) is 0 Å². The molecular weight excluding hydrogens is 333 g/mol. The van der Waals surface area contributed by atoms with Crippen molar-refractivity contribution >= 4 is 5.91 Å². The van der Waals surface area contributed by atoms with Crippen molar-refractivity contribution in [2.75, 3.05) is 14.2 Å². The SMILES string of the molecule is CNC(=O)Cc1nc(-c2ccc(F)cc2)cc(-c2ccccc2OC)n1. The van der Waals surface area contributed by atoms with E-state index >= 15 is 0 Å². The standard InChI is InChI=1S/C20H18FN3O2/c1-22-20(25)12-19-23-16(13-7-9-14(21)10-8-13)11-17(24-19)15-5-3-4-6-18(15)26-2/h3-11H,12H2,1-2H3,(H,22,25). The second-order valence-electron chi connectivity index (χ2n) is 5.61. The highest BCUT2D eigenvalue weighted by Gasteiger charge is 2.13. The van der Waals surface area contributed by atoms with Crippen molar-refractivity contribution in [1.29, 1.82) is 0 Å². The molecule has 3 rings (SSSR count). The summed E-state index contributed by atoms with van der Waals surface area (Å²) in [5.74, 6) is 0.541. The molecule has 6 heteroatoms. The van der Waals surface area contributed by atoms with Gasteiger partial charge in [0.15, 0.2) is 0 Å². The number of hydrogen-bond donors (Lipinski definition) is 1. The molecule has 3 aromatic rings. The minimum absolute atomic E-state index is 0.0493. The van der Waals surface area contributed by atoms with Gasteiger partial charge in [-0.1, -0.05) is 12.1 Å². The van der Waals surface area contributed by atoms with Crippen LogP contribution in [0.15, 0.2) is 54.6 Å². The summed E-state index contributed by atoms with van der Waals surface area (Å²) >= 11 is 0. The largest absolute Gasteiger partial charge is 0.496 e. The van der Waals surface area contributed by atoms with Gasteiger partial charge < -0.3 is 10.1 Å². The molecule has 0 atom stereocenters. The topological polar surface area (TPSA) is 64.1 Å². The second-order valence-corrected chi connectivity index (χ2v) is 5.61. The van der Waals surface area contributed by atoms with Crippen LogP contribution < -0.4 is 10.1 Å². The lowest BCUT2D eigenvalue weighted by Crippen LogP contribution is -2.21. The number of para-hydroxylation sites is 1. The Hall–Kier alpha value is -3.28. The number of carbonyl (C=O) groups excluding carboxylic acids is 1. The lowest BCUT2D eigenvalue weighted by atomic mass is 10.1. The number of hydrogen-bond acceptors (Lipinski definition) is 4. The molecule has 2 aromatic carbocycles. The van der Waals surface area contributed by atoms with Crippen LogP contribution in [0.3, 0.4) is 0 Å². The molecule has 1 aromatic heterocycles. The number of nitrogens with zero attached hydrogens (tertiary/aromatic N) is 2. The molecule has 5 nitrogen and oxygen atoms in total. The monoisotopic (exact) mass is 351 g/mol. The number of likely N-dealkylation sites (N-methyl/N-ethyl adjacent to an activating group) is 1. The highest BCUT2D eigenvalue weighted by Crippen LogP contribution is 2.30. The van der Waals surface area contributed by atoms with Gasteiger partial charge in [-0.25, -0.2) is 14.4 Å². The number of aromatic nitrogens is 2. The third-order valence-electron chi connectivity index (χ3n) is 3.89. The summed E-state index contributed by atoms with van der Waals surface area (Å²) in [6.07, 6.45) is 0.0493. The van der Waals surface area contributed by atoms with Crippen LogP contribution in [0.2, 0.25) is 0 Å². The first-order valence-corrected chi connectivity index (χ1v) is 8.08. The van der Waals surface area contributed by atoms with E-state index in [0.29, 0.717) is 23.0 Å². The zero-order valence-corrected chi connectivity index (χ0v) is 14.5. The van der Waals surface area contributed by atoms with Gasteiger partial charge in [-0.3, -0.25) is 4.79 Å². The summed E-state index contributed by atoms with van der Waals surface area (Å²) in [7, 11) is 3.15. The Labute approximate surface area is 150 Å². The summed E-state index contributed by atoms with van der Waals surface area (Å²) in [6.45, 7) is 0. The fourth-order valence-electron chi connectivity index (χ4n) is 2.57. The summed E-state index contributed by atoms with van der Waals surface area (Å²) in [5.41, 5.74) is 2.78. The Morgan fingerprint density at radius 3 is 2.46 bits per heavy atom. The number of ether oxygens (including phenoxy) is 1. The average Bonchev–Trinajstić information content (AvgIpc) is 2.68. The van der Waals surface area contributed by atoms with Crippen LogP contribution >= 0.6 is 0 Å². The molecule has 0 saturated carbocycles. The lowest BCUT2D eigenvalue weighted by molar-refractivity contribution is -0.120. The van der Waals surface area contributed by atoms with E-state index in [2.05, 4.69) is 15.3 Å². The Bertz CT molecular complexity index is 927. The van der Waals surface area contributed by atoms with E-state index in [1.165, 1.54) is 12.1 Å². The van der Waals surface area contributed by atoms with Crippen LogP contribution in [0, 0.1) is 5.82 Å². The summed E-state index contributed by atoms with van der Waals surface area (Å²) in [5, 5.41) is 2.57. The van der Waals surface area contributed by atoms with Crippen molar-refractivity contribution in [2.24, 2.45) is 0 Å². The average molecular weight is 351 g/mol. The van der Waals surface area contributed by atoms with E-state index in [1.54, 1.807) is 32.4 Å². The zero-order valence-electron chi connectivity index (χ0n) is 14.5. The van der Waals surface area contributed by atoms with E-state index in [1.807, 2.05) is 24.3 Å². The lowest BCUT2D eigenvalue weighted by Gasteiger charge is -2.11. The van der Waals surface area contributed by atoms with Crippen molar-refractivity contribution in [2.45, 2.75) is 6.42 Å². The van der Waals surface area contributed by atoms with Gasteiger partial charge in [0.25, 0.3) is 0 Å². The maximum atomic E-state index is 13.2. The van der Waals surface area contributed by atoms with Crippen LogP contribution in [-0.4, -0.2) is 30.0 Å². The van der Waals surface area contributed by atoms with Gasteiger partial charge in [-0.15, -0.1) is 0 Å². The number of benzene rings is 2. The molecule has 0 bridgehead atoms. The highest BCUT2D eigenvalue weighted by atomic mass is 19.1. The predicted octanol–water partition coefficient (Wildman–Crippen LogP) is 3.25. The third-order valence-corrected chi connectivity index (χ3v) is 3.89. The van der Waals surface area contributed by atoms with Crippen molar-refractivity contribution in [3.63, 3.8) is 0 Å². The van der Waals surface area contributed by atoms with Crippen molar-refractivity contribution < 1.29 is 13.9 Å². The number of amides is 1. The van der Waals surface area contributed by atoms with Gasteiger partial charge in [0, 0.05) is 18.2 Å². The summed E-state index contributed by atoms with van der Waals surface area (Å²) in [4.78, 5) is 20.8. The van der Waals surface area contributed by atoms with Crippen molar-refractivity contribution in [3.8, 4) is 28.3 Å². The molecule has 1 amide bonds. The zero-order chi connectivity index (χ0) is 18.5. The Morgan fingerprint density at radius 1 is 1.08 bits per heavy atom. The number of halogens is 1. The van der Waals surface area contributed by atoms with E-state index < -0.39 is 0 Å². The Balaban J connectivity index is 2.14. The molecular formula is C20H18FN3O2. The van der Waals surface area contributed by atoms with E-state index in [9.17, 15) is 9.18 Å². The van der Waals surface area contributed by atoms with Gasteiger partial charge in [0.1, 0.15) is 17.4 Å². The quantitative estimate of drug-likeness (QED) is 0.766. The maximum Gasteiger partial charge on any atom is 0.227 e.